The van der Waals surface area contributed by atoms with Crippen LogP contribution in [0.3, 0.4) is 0 Å². The number of nitriles is 1. The Morgan fingerprint density at radius 3 is 3.07 bits per heavy atom. The zero-order chi connectivity index (χ0) is 10.1. The Morgan fingerprint density at radius 2 is 2.36 bits per heavy atom. The Balaban J connectivity index is 2.65. The summed E-state index contributed by atoms with van der Waals surface area (Å²) in [5, 5.41) is 13.6. The zero-order valence-electron chi connectivity index (χ0n) is 7.49. The van der Waals surface area contributed by atoms with E-state index in [4.69, 9.17) is 9.78 Å². The van der Waals surface area contributed by atoms with Crippen LogP contribution in [0.5, 0.6) is 0 Å². The molecule has 0 spiro atoms. The molecule has 0 bridgehead atoms. The van der Waals surface area contributed by atoms with E-state index in [0.29, 0.717) is 5.76 Å². The Hall–Kier alpha value is -1.34. The second-order valence-electron chi connectivity index (χ2n) is 3.06. The quantitative estimate of drug-likeness (QED) is 0.781. The second kappa shape index (κ2) is 3.43. The number of halogens is 1. The van der Waals surface area contributed by atoms with Crippen LogP contribution in [0.2, 0.25) is 0 Å². The number of aromatic nitrogens is 1. The lowest BCUT2D eigenvalue weighted by Crippen LogP contribution is -1.86. The fraction of sp³-hybridized carbons (Fsp3) is 0.200. The normalized spacial score (nSPS) is 12.6. The van der Waals surface area contributed by atoms with Crippen molar-refractivity contribution >= 4 is 26.8 Å². The van der Waals surface area contributed by atoms with Crippen LogP contribution in [0.1, 0.15) is 18.6 Å². The first-order valence-electron chi connectivity index (χ1n) is 4.17. The molecule has 2 aromatic rings. The molecule has 0 saturated heterocycles. The molecule has 4 heteroatoms. The largest absolute Gasteiger partial charge is 0.359 e. The molecule has 3 nitrogen and oxygen atoms in total. The Morgan fingerprint density at radius 1 is 1.57 bits per heavy atom. The van der Waals surface area contributed by atoms with E-state index in [1.807, 2.05) is 18.2 Å². The van der Waals surface area contributed by atoms with Crippen LogP contribution < -0.4 is 0 Å². The van der Waals surface area contributed by atoms with Crippen molar-refractivity contribution in [3.05, 3.63) is 28.4 Å². The summed E-state index contributed by atoms with van der Waals surface area (Å²) in [5.74, 6) is 0.371. The van der Waals surface area contributed by atoms with Crippen molar-refractivity contribution in [2.75, 3.05) is 0 Å². The van der Waals surface area contributed by atoms with Crippen LogP contribution >= 0.6 is 15.9 Å². The first kappa shape index (κ1) is 9.22. The average Bonchev–Trinajstić information content (AvgIpc) is 2.59. The van der Waals surface area contributed by atoms with Crippen LogP contribution in [-0.2, 0) is 0 Å². The van der Waals surface area contributed by atoms with E-state index in [2.05, 4.69) is 27.2 Å². The Kier molecular flexibility index (Phi) is 2.26. The van der Waals surface area contributed by atoms with Crippen molar-refractivity contribution in [1.29, 1.82) is 5.26 Å². The molecule has 1 aromatic heterocycles. The molecule has 1 unspecified atom stereocenters. The number of rotatable bonds is 1. The van der Waals surface area contributed by atoms with Gasteiger partial charge < -0.3 is 4.52 Å². The third-order valence-electron chi connectivity index (χ3n) is 2.05. The highest BCUT2D eigenvalue weighted by Gasteiger charge is 2.14. The highest BCUT2D eigenvalue weighted by Crippen LogP contribution is 2.27. The number of benzene rings is 1. The molecule has 0 aliphatic rings. The van der Waals surface area contributed by atoms with Gasteiger partial charge in [-0.25, -0.2) is 0 Å². The minimum atomic E-state index is -0.263. The minimum absolute atomic E-state index is 0.263. The molecule has 0 aliphatic carbocycles. The van der Waals surface area contributed by atoms with E-state index in [9.17, 15) is 0 Å². The van der Waals surface area contributed by atoms with Gasteiger partial charge in [0.1, 0.15) is 11.4 Å². The van der Waals surface area contributed by atoms with Gasteiger partial charge in [0, 0.05) is 9.86 Å². The predicted molar refractivity (Wildman–Crippen MR) is 55.7 cm³/mol. The molecule has 0 N–H and O–H groups in total. The summed E-state index contributed by atoms with van der Waals surface area (Å²) in [7, 11) is 0. The standard InChI is InChI=1S/C10H7BrN2O/c1-6(5-12)10-8-3-2-7(11)4-9(8)13-14-10/h2-4,6H,1H3. The van der Waals surface area contributed by atoms with Gasteiger partial charge in [-0.2, -0.15) is 5.26 Å². The van der Waals surface area contributed by atoms with Gasteiger partial charge in [-0.3, -0.25) is 0 Å². The molecule has 0 saturated carbocycles. The third-order valence-corrected chi connectivity index (χ3v) is 2.55. The summed E-state index contributed by atoms with van der Waals surface area (Å²) in [4.78, 5) is 0. The van der Waals surface area contributed by atoms with E-state index >= 15 is 0 Å². The SMILES string of the molecule is CC(C#N)c1onc2cc(Br)ccc12. The summed E-state index contributed by atoms with van der Waals surface area (Å²) < 4.78 is 6.08. The zero-order valence-corrected chi connectivity index (χ0v) is 9.08. The molecule has 1 heterocycles. The molecule has 0 fully saturated rings. The summed E-state index contributed by atoms with van der Waals surface area (Å²) in [6.45, 7) is 1.79. The van der Waals surface area contributed by atoms with Gasteiger partial charge >= 0.3 is 0 Å². The molecule has 0 radical (unpaired) electrons. The van der Waals surface area contributed by atoms with Crippen molar-refractivity contribution in [2.45, 2.75) is 12.8 Å². The van der Waals surface area contributed by atoms with E-state index < -0.39 is 0 Å². The van der Waals surface area contributed by atoms with Gasteiger partial charge in [0.05, 0.1) is 6.07 Å². The number of hydrogen-bond donors (Lipinski definition) is 0. The maximum absolute atomic E-state index is 8.77. The van der Waals surface area contributed by atoms with Crippen molar-refractivity contribution in [3.63, 3.8) is 0 Å². The van der Waals surface area contributed by atoms with Crippen LogP contribution in [0.4, 0.5) is 0 Å². The lowest BCUT2D eigenvalue weighted by atomic mass is 10.1. The number of nitrogens with zero attached hydrogens (tertiary/aromatic N) is 2. The van der Waals surface area contributed by atoms with E-state index in [1.165, 1.54) is 0 Å². The lowest BCUT2D eigenvalue weighted by Gasteiger charge is -1.95. The smallest absolute Gasteiger partial charge is 0.161 e. The lowest BCUT2D eigenvalue weighted by molar-refractivity contribution is 0.387. The molecule has 14 heavy (non-hydrogen) atoms. The molecular weight excluding hydrogens is 244 g/mol. The first-order valence-corrected chi connectivity index (χ1v) is 4.96. The first-order chi connectivity index (χ1) is 6.72. The Labute approximate surface area is 89.4 Å². The maximum atomic E-state index is 8.77. The number of fused-ring (bicyclic) bond motifs is 1. The predicted octanol–water partition coefficient (Wildman–Crippen LogP) is 3.22. The maximum Gasteiger partial charge on any atom is 0.161 e. The van der Waals surface area contributed by atoms with Crippen molar-refractivity contribution in [3.8, 4) is 6.07 Å². The van der Waals surface area contributed by atoms with Crippen LogP contribution in [0.25, 0.3) is 10.9 Å². The summed E-state index contributed by atoms with van der Waals surface area (Å²) in [6.07, 6.45) is 0. The van der Waals surface area contributed by atoms with Crippen molar-refractivity contribution < 1.29 is 4.52 Å². The molecule has 1 aromatic carbocycles. The summed E-state index contributed by atoms with van der Waals surface area (Å²) >= 11 is 3.35. The van der Waals surface area contributed by atoms with Gasteiger partial charge in [0.15, 0.2) is 5.76 Å². The third kappa shape index (κ3) is 1.40. The van der Waals surface area contributed by atoms with E-state index in [-0.39, 0.29) is 5.92 Å². The molecular formula is C10H7BrN2O. The molecule has 2 rings (SSSR count). The highest BCUT2D eigenvalue weighted by molar-refractivity contribution is 9.10. The fourth-order valence-electron chi connectivity index (χ4n) is 1.31. The summed E-state index contributed by atoms with van der Waals surface area (Å²) in [6, 6.07) is 7.81. The van der Waals surface area contributed by atoms with Crippen molar-refractivity contribution in [1.82, 2.24) is 5.16 Å². The van der Waals surface area contributed by atoms with Crippen molar-refractivity contribution in [2.24, 2.45) is 0 Å². The van der Waals surface area contributed by atoms with Gasteiger partial charge in [-0.1, -0.05) is 21.1 Å². The molecule has 70 valence electrons. The Bertz CT molecular complexity index is 512. The van der Waals surface area contributed by atoms with E-state index in [1.54, 1.807) is 6.92 Å². The topological polar surface area (TPSA) is 49.8 Å². The monoisotopic (exact) mass is 250 g/mol. The van der Waals surface area contributed by atoms with Gasteiger partial charge in [-0.05, 0) is 25.1 Å². The molecule has 1 atom stereocenters. The molecule has 0 aliphatic heterocycles. The minimum Gasteiger partial charge on any atom is -0.359 e. The summed E-state index contributed by atoms with van der Waals surface area (Å²) in [5.41, 5.74) is 0.775. The number of hydrogen-bond acceptors (Lipinski definition) is 3. The van der Waals surface area contributed by atoms with Gasteiger partial charge in [0.2, 0.25) is 0 Å². The molecule has 0 amide bonds. The van der Waals surface area contributed by atoms with Gasteiger partial charge in [-0.15, -0.1) is 0 Å². The van der Waals surface area contributed by atoms with Crippen LogP contribution in [-0.4, -0.2) is 5.16 Å². The van der Waals surface area contributed by atoms with Crippen LogP contribution in [0, 0.1) is 11.3 Å². The average molecular weight is 251 g/mol. The second-order valence-corrected chi connectivity index (χ2v) is 3.97. The fourth-order valence-corrected chi connectivity index (χ4v) is 1.66. The van der Waals surface area contributed by atoms with E-state index in [0.717, 1.165) is 15.4 Å². The highest BCUT2D eigenvalue weighted by atomic mass is 79.9. The van der Waals surface area contributed by atoms with Gasteiger partial charge in [0.25, 0.3) is 0 Å². The van der Waals surface area contributed by atoms with Crippen LogP contribution in [0.15, 0.2) is 27.2 Å².